The van der Waals surface area contributed by atoms with E-state index in [4.69, 9.17) is 0 Å². The Morgan fingerprint density at radius 3 is 2.48 bits per heavy atom. The van der Waals surface area contributed by atoms with Crippen molar-refractivity contribution in [2.45, 2.75) is 39.7 Å². The average molecular weight is 463 g/mol. The number of hydrogen-bond donors (Lipinski definition) is 1. The predicted octanol–water partition coefficient (Wildman–Crippen LogP) is 5.08. The Hall–Kier alpha value is -2.72. The van der Waals surface area contributed by atoms with Gasteiger partial charge in [-0.15, -0.1) is 22.7 Å². The summed E-state index contributed by atoms with van der Waals surface area (Å²) in [6, 6.07) is 5.29. The first kappa shape index (κ1) is 21.5. The Labute approximate surface area is 186 Å². The first-order valence-electron chi connectivity index (χ1n) is 9.65. The maximum Gasteiger partial charge on any atom is 0.274 e. The second-order valence-electron chi connectivity index (χ2n) is 8.04. The smallest absolute Gasteiger partial charge is 0.274 e. The van der Waals surface area contributed by atoms with E-state index in [2.05, 4.69) is 29.1 Å². The summed E-state index contributed by atoms with van der Waals surface area (Å²) in [5.41, 5.74) is 0.168. The summed E-state index contributed by atoms with van der Waals surface area (Å²) in [4.78, 5) is 35.6. The summed E-state index contributed by atoms with van der Waals surface area (Å²) in [5, 5.41) is 4.88. The van der Waals surface area contributed by atoms with Gasteiger partial charge in [0.15, 0.2) is 5.13 Å². The van der Waals surface area contributed by atoms with Crippen LogP contribution in [0.25, 0.3) is 0 Å². The second kappa shape index (κ2) is 8.08. The van der Waals surface area contributed by atoms with Crippen LogP contribution < -0.4 is 10.2 Å². The second-order valence-corrected chi connectivity index (χ2v) is 10.2. The fourth-order valence-corrected chi connectivity index (χ4v) is 5.03. The molecule has 3 aromatic rings. The minimum Gasteiger partial charge on any atom is -0.347 e. The summed E-state index contributed by atoms with van der Waals surface area (Å²) in [6.07, 6.45) is 1.93. The minimum atomic E-state index is -1.06. The monoisotopic (exact) mass is 462 g/mol. The molecule has 0 aliphatic heterocycles. The molecular formula is C21H20F2N4O2S2. The molecule has 6 nitrogen and oxygen atoms in total. The molecule has 31 heavy (non-hydrogen) atoms. The summed E-state index contributed by atoms with van der Waals surface area (Å²) >= 11 is 2.30. The molecule has 162 valence electrons. The van der Waals surface area contributed by atoms with Gasteiger partial charge in [-0.25, -0.2) is 4.98 Å². The van der Waals surface area contributed by atoms with E-state index in [1.165, 1.54) is 11.3 Å². The quantitative estimate of drug-likeness (QED) is 0.537. The molecular weight excluding hydrogens is 442 g/mol. The number of hydrogen-bond acceptors (Lipinski definition) is 6. The Balaban J connectivity index is 1.71. The minimum absolute atomic E-state index is 0.0235. The van der Waals surface area contributed by atoms with Crippen LogP contribution in [0.4, 0.5) is 19.6 Å². The third kappa shape index (κ3) is 4.22. The van der Waals surface area contributed by atoms with Crippen molar-refractivity contribution in [2.75, 3.05) is 4.90 Å². The van der Waals surface area contributed by atoms with Crippen LogP contribution in [0.3, 0.4) is 0 Å². The van der Waals surface area contributed by atoms with E-state index in [9.17, 15) is 18.4 Å². The Bertz CT molecular complexity index is 1120. The topological polar surface area (TPSA) is 75.2 Å². The summed E-state index contributed by atoms with van der Waals surface area (Å²) in [7, 11) is 0. The van der Waals surface area contributed by atoms with Crippen molar-refractivity contribution in [1.82, 2.24) is 15.3 Å². The van der Waals surface area contributed by atoms with Gasteiger partial charge in [-0.2, -0.15) is 13.8 Å². The Morgan fingerprint density at radius 2 is 1.94 bits per heavy atom. The number of carbonyl (C=O) groups is 2. The molecule has 0 bridgehead atoms. The molecule has 1 saturated carbocycles. The number of anilines is 2. The molecule has 1 fully saturated rings. The van der Waals surface area contributed by atoms with Crippen molar-refractivity contribution < 1.29 is 18.4 Å². The highest BCUT2D eigenvalue weighted by molar-refractivity contribution is 7.16. The van der Waals surface area contributed by atoms with Crippen LogP contribution in [0.2, 0.25) is 0 Å². The van der Waals surface area contributed by atoms with Gasteiger partial charge >= 0.3 is 0 Å². The number of amides is 2. The number of rotatable bonds is 5. The van der Waals surface area contributed by atoms with E-state index in [0.29, 0.717) is 9.75 Å². The number of nitrogens with one attached hydrogen (secondary N) is 1. The van der Waals surface area contributed by atoms with Gasteiger partial charge in [0.1, 0.15) is 5.69 Å². The fraction of sp³-hybridized carbons (Fsp3) is 0.333. The lowest BCUT2D eigenvalue weighted by atomic mass is 9.67. The van der Waals surface area contributed by atoms with Gasteiger partial charge < -0.3 is 5.32 Å². The molecule has 0 spiro atoms. The maximum absolute atomic E-state index is 13.8. The number of aromatic nitrogens is 2. The number of pyridine rings is 1. The highest BCUT2D eigenvalue weighted by atomic mass is 32.1. The lowest BCUT2D eigenvalue weighted by Crippen LogP contribution is -2.52. The number of thiazole rings is 1. The molecule has 0 aromatic carbocycles. The molecule has 4 rings (SSSR count). The third-order valence-electron chi connectivity index (χ3n) is 5.46. The fourth-order valence-electron chi connectivity index (χ4n) is 3.46. The van der Waals surface area contributed by atoms with E-state index in [0.717, 1.165) is 41.2 Å². The van der Waals surface area contributed by atoms with E-state index in [1.807, 2.05) is 0 Å². The van der Waals surface area contributed by atoms with Gasteiger partial charge in [0.2, 0.25) is 11.9 Å². The number of thiophene rings is 1. The normalized spacial score (nSPS) is 17.1. The maximum atomic E-state index is 13.8. The summed E-state index contributed by atoms with van der Waals surface area (Å²) < 4.78 is 27.6. The number of halogens is 2. The Morgan fingerprint density at radius 1 is 1.23 bits per heavy atom. The van der Waals surface area contributed by atoms with E-state index < -0.39 is 17.8 Å². The van der Waals surface area contributed by atoms with Gasteiger partial charge in [-0.1, -0.05) is 19.9 Å². The highest BCUT2D eigenvalue weighted by Crippen LogP contribution is 2.40. The first-order chi connectivity index (χ1) is 14.7. The van der Waals surface area contributed by atoms with Crippen LogP contribution in [0.1, 0.15) is 51.7 Å². The number of nitrogens with zero attached hydrogens (tertiary/aromatic N) is 3. The van der Waals surface area contributed by atoms with E-state index >= 15 is 0 Å². The largest absolute Gasteiger partial charge is 0.347 e. The van der Waals surface area contributed by atoms with Gasteiger partial charge in [0.05, 0.1) is 10.6 Å². The third-order valence-corrected chi connectivity index (χ3v) is 7.27. The van der Waals surface area contributed by atoms with E-state index in [1.54, 1.807) is 24.4 Å². The molecule has 1 aliphatic carbocycles. The van der Waals surface area contributed by atoms with Crippen LogP contribution in [-0.2, 0) is 0 Å². The zero-order chi connectivity index (χ0) is 22.3. The average Bonchev–Trinajstić information content (AvgIpc) is 3.35. The van der Waals surface area contributed by atoms with Crippen molar-refractivity contribution in [3.8, 4) is 0 Å². The van der Waals surface area contributed by atoms with Gasteiger partial charge in [-0.3, -0.25) is 14.5 Å². The highest BCUT2D eigenvalue weighted by Gasteiger charge is 2.40. The van der Waals surface area contributed by atoms with Crippen molar-refractivity contribution in [3.63, 3.8) is 0 Å². The number of carbonyl (C=O) groups excluding carboxylic acids is 2. The molecule has 1 unspecified atom stereocenters. The SMILES string of the molecule is Cc1sc(N(C(=O)c2cccs2)c2cc(F)nc(F)c2)nc1C(=O)NC1CCC1(C)C. The lowest BCUT2D eigenvalue weighted by molar-refractivity contribution is 0.0727. The number of aryl methyl sites for hydroxylation is 1. The van der Waals surface area contributed by atoms with Crippen LogP contribution in [0, 0.1) is 24.2 Å². The standard InChI is InChI=1S/C21H20F2N4O2S2/c1-11-17(18(28)24-14-6-7-21(14,2)3)26-20(31-11)27(19(29)13-5-4-8-30-13)12-9-15(22)25-16(23)10-12/h4-5,8-10,14H,6-7H2,1-3H3,(H,24,28). The molecule has 0 radical (unpaired) electrons. The van der Waals surface area contributed by atoms with Gasteiger partial charge in [0, 0.05) is 23.1 Å². The zero-order valence-electron chi connectivity index (χ0n) is 17.1. The van der Waals surface area contributed by atoms with Crippen molar-refractivity contribution in [3.05, 3.63) is 57.0 Å². The molecule has 1 atom stereocenters. The summed E-state index contributed by atoms with van der Waals surface area (Å²) in [6.45, 7) is 5.91. The van der Waals surface area contributed by atoms with Crippen molar-refractivity contribution in [1.29, 1.82) is 0 Å². The predicted molar refractivity (Wildman–Crippen MR) is 116 cm³/mol. The van der Waals surface area contributed by atoms with Gasteiger partial charge in [-0.05, 0) is 36.6 Å². The zero-order valence-corrected chi connectivity index (χ0v) is 18.7. The van der Waals surface area contributed by atoms with Crippen molar-refractivity contribution in [2.24, 2.45) is 5.41 Å². The molecule has 1 N–H and O–H groups in total. The molecule has 3 aromatic heterocycles. The lowest BCUT2D eigenvalue weighted by Gasteiger charge is -2.44. The van der Waals surface area contributed by atoms with Crippen LogP contribution in [-0.4, -0.2) is 27.8 Å². The van der Waals surface area contributed by atoms with Crippen LogP contribution in [0.5, 0.6) is 0 Å². The first-order valence-corrected chi connectivity index (χ1v) is 11.3. The summed E-state index contributed by atoms with van der Waals surface area (Å²) in [5.74, 6) is -2.94. The van der Waals surface area contributed by atoms with Crippen LogP contribution in [0.15, 0.2) is 29.6 Å². The van der Waals surface area contributed by atoms with Gasteiger partial charge in [0.25, 0.3) is 11.8 Å². The molecule has 3 heterocycles. The van der Waals surface area contributed by atoms with Crippen molar-refractivity contribution >= 4 is 45.3 Å². The van der Waals surface area contributed by atoms with E-state index in [-0.39, 0.29) is 33.9 Å². The Kier molecular flexibility index (Phi) is 5.61. The molecule has 0 saturated heterocycles. The molecule has 1 aliphatic rings. The molecule has 10 heteroatoms. The molecule has 2 amide bonds. The van der Waals surface area contributed by atoms with Crippen LogP contribution >= 0.6 is 22.7 Å².